The molecule has 0 N–H and O–H groups in total. The summed E-state index contributed by atoms with van der Waals surface area (Å²) in [5.74, 6) is 1.46. The second kappa shape index (κ2) is 5.26. The molecule has 21 heavy (non-hydrogen) atoms. The molecular weight excluding hydrogens is 284 g/mol. The summed E-state index contributed by atoms with van der Waals surface area (Å²) in [6.07, 6.45) is 5.19. The molecule has 0 bridgehead atoms. The molecule has 0 saturated carbocycles. The Kier molecular flexibility index (Phi) is 3.25. The van der Waals surface area contributed by atoms with Crippen molar-refractivity contribution >= 4 is 33.3 Å². The van der Waals surface area contributed by atoms with Crippen molar-refractivity contribution in [2.45, 2.75) is 19.3 Å². The number of likely N-dealkylation sites (tertiary alicyclic amines) is 1. The van der Waals surface area contributed by atoms with Crippen LogP contribution >= 0.6 is 11.3 Å². The maximum atomic E-state index is 12.4. The van der Waals surface area contributed by atoms with Gasteiger partial charge in [-0.25, -0.2) is 9.97 Å². The van der Waals surface area contributed by atoms with E-state index in [2.05, 4.69) is 20.9 Å². The molecule has 4 heterocycles. The van der Waals surface area contributed by atoms with Crippen molar-refractivity contribution in [3.8, 4) is 0 Å². The third kappa shape index (κ3) is 2.27. The number of piperidine rings is 1. The highest BCUT2D eigenvalue weighted by Crippen LogP contribution is 2.32. The molecule has 2 fully saturated rings. The summed E-state index contributed by atoms with van der Waals surface area (Å²) in [6, 6.07) is 2.06. The van der Waals surface area contributed by atoms with Gasteiger partial charge in [0.05, 0.1) is 11.3 Å². The van der Waals surface area contributed by atoms with E-state index < -0.39 is 0 Å². The van der Waals surface area contributed by atoms with E-state index in [9.17, 15) is 4.79 Å². The van der Waals surface area contributed by atoms with Gasteiger partial charge in [-0.15, -0.1) is 11.3 Å². The molecule has 2 saturated heterocycles. The maximum absolute atomic E-state index is 12.4. The number of hydrogen-bond donors (Lipinski definition) is 0. The van der Waals surface area contributed by atoms with Crippen molar-refractivity contribution in [2.24, 2.45) is 5.92 Å². The highest BCUT2D eigenvalue weighted by molar-refractivity contribution is 7.16. The van der Waals surface area contributed by atoms with Gasteiger partial charge in [0.15, 0.2) is 0 Å². The molecule has 110 valence electrons. The van der Waals surface area contributed by atoms with Crippen LogP contribution in [0.1, 0.15) is 19.3 Å². The third-order valence-corrected chi connectivity index (χ3v) is 5.26. The summed E-state index contributed by atoms with van der Waals surface area (Å²) >= 11 is 1.63. The van der Waals surface area contributed by atoms with Crippen LogP contribution in [0, 0.1) is 5.92 Å². The largest absolute Gasteiger partial charge is 0.354 e. The van der Waals surface area contributed by atoms with Gasteiger partial charge < -0.3 is 9.80 Å². The predicted molar refractivity (Wildman–Crippen MR) is 83.5 cm³/mol. The van der Waals surface area contributed by atoms with Crippen LogP contribution in [-0.2, 0) is 4.79 Å². The normalized spacial score (nSPS) is 19.8. The van der Waals surface area contributed by atoms with Crippen LogP contribution in [0.4, 0.5) is 5.82 Å². The Labute approximate surface area is 127 Å². The number of rotatable bonds is 2. The molecule has 2 aromatic rings. The molecule has 2 aromatic heterocycles. The van der Waals surface area contributed by atoms with Gasteiger partial charge in [0.1, 0.15) is 17.0 Å². The average molecular weight is 302 g/mol. The average Bonchev–Trinajstić information content (AvgIpc) is 2.96. The molecule has 0 radical (unpaired) electrons. The molecule has 5 nitrogen and oxygen atoms in total. The van der Waals surface area contributed by atoms with E-state index in [1.807, 2.05) is 10.3 Å². The fourth-order valence-electron chi connectivity index (χ4n) is 3.21. The molecule has 1 amide bonds. The Balaban J connectivity index is 1.45. The van der Waals surface area contributed by atoms with Gasteiger partial charge >= 0.3 is 0 Å². The quantitative estimate of drug-likeness (QED) is 0.853. The van der Waals surface area contributed by atoms with Crippen LogP contribution in [0.2, 0.25) is 0 Å². The Morgan fingerprint density at radius 3 is 2.81 bits per heavy atom. The second-order valence-corrected chi connectivity index (χ2v) is 6.72. The number of thiophene rings is 1. The van der Waals surface area contributed by atoms with Gasteiger partial charge in [-0.1, -0.05) is 0 Å². The van der Waals surface area contributed by atoms with Gasteiger partial charge in [0.25, 0.3) is 0 Å². The number of amides is 1. The lowest BCUT2D eigenvalue weighted by molar-refractivity contribution is -0.137. The topological polar surface area (TPSA) is 49.3 Å². The second-order valence-electron chi connectivity index (χ2n) is 5.82. The van der Waals surface area contributed by atoms with Gasteiger partial charge in [-0.05, 0) is 30.7 Å². The van der Waals surface area contributed by atoms with Crippen molar-refractivity contribution in [3.05, 3.63) is 17.8 Å². The van der Waals surface area contributed by atoms with Crippen LogP contribution in [0.25, 0.3) is 10.2 Å². The van der Waals surface area contributed by atoms with Gasteiger partial charge in [-0.2, -0.15) is 0 Å². The Morgan fingerprint density at radius 2 is 2.00 bits per heavy atom. The molecule has 0 spiro atoms. The van der Waals surface area contributed by atoms with Gasteiger partial charge in [0, 0.05) is 26.2 Å². The SMILES string of the molecule is O=C(C1CN(c2ncnc3sccc23)C1)N1CCCCC1. The summed E-state index contributed by atoms with van der Waals surface area (Å²) < 4.78 is 0. The van der Waals surface area contributed by atoms with E-state index in [4.69, 9.17) is 0 Å². The molecule has 0 unspecified atom stereocenters. The lowest BCUT2D eigenvalue weighted by Crippen LogP contribution is -2.55. The Hall–Kier alpha value is -1.69. The van der Waals surface area contributed by atoms with Crippen LogP contribution in [0.15, 0.2) is 17.8 Å². The van der Waals surface area contributed by atoms with E-state index >= 15 is 0 Å². The lowest BCUT2D eigenvalue weighted by atomic mass is 9.97. The van der Waals surface area contributed by atoms with Crippen LogP contribution in [-0.4, -0.2) is 47.0 Å². The highest BCUT2D eigenvalue weighted by Gasteiger charge is 2.37. The summed E-state index contributed by atoms with van der Waals surface area (Å²) in [5, 5.41) is 3.14. The zero-order valence-corrected chi connectivity index (χ0v) is 12.7. The molecule has 0 atom stereocenters. The van der Waals surface area contributed by atoms with Gasteiger partial charge in [-0.3, -0.25) is 4.79 Å². The zero-order valence-electron chi connectivity index (χ0n) is 11.9. The fraction of sp³-hybridized carbons (Fsp3) is 0.533. The van der Waals surface area contributed by atoms with Crippen molar-refractivity contribution < 1.29 is 4.79 Å². The zero-order chi connectivity index (χ0) is 14.2. The number of aromatic nitrogens is 2. The highest BCUT2D eigenvalue weighted by atomic mass is 32.1. The monoisotopic (exact) mass is 302 g/mol. The van der Waals surface area contributed by atoms with E-state index in [0.717, 1.165) is 55.1 Å². The Morgan fingerprint density at radius 1 is 1.19 bits per heavy atom. The molecule has 0 aromatic carbocycles. The van der Waals surface area contributed by atoms with E-state index in [0.29, 0.717) is 5.91 Å². The number of hydrogen-bond acceptors (Lipinski definition) is 5. The van der Waals surface area contributed by atoms with Crippen LogP contribution < -0.4 is 4.90 Å². The number of nitrogens with zero attached hydrogens (tertiary/aromatic N) is 4. The molecule has 4 rings (SSSR count). The molecular formula is C15H18N4OS. The summed E-state index contributed by atoms with van der Waals surface area (Å²) in [6.45, 7) is 3.46. The van der Waals surface area contributed by atoms with Crippen LogP contribution in [0.5, 0.6) is 0 Å². The molecule has 2 aliphatic heterocycles. The molecule has 2 aliphatic rings. The summed E-state index contributed by atoms with van der Waals surface area (Å²) in [7, 11) is 0. The van der Waals surface area contributed by atoms with Crippen LogP contribution in [0.3, 0.4) is 0 Å². The molecule has 0 aliphatic carbocycles. The first-order valence-electron chi connectivity index (χ1n) is 7.55. The van der Waals surface area contributed by atoms with Gasteiger partial charge in [0.2, 0.25) is 5.91 Å². The van der Waals surface area contributed by atoms with Crippen molar-refractivity contribution in [1.82, 2.24) is 14.9 Å². The lowest BCUT2D eigenvalue weighted by Gasteiger charge is -2.42. The number of anilines is 1. The first-order chi connectivity index (χ1) is 10.3. The predicted octanol–water partition coefficient (Wildman–Crippen LogP) is 2.14. The molecule has 6 heteroatoms. The Bertz CT molecular complexity index is 658. The first-order valence-corrected chi connectivity index (χ1v) is 8.43. The third-order valence-electron chi connectivity index (χ3n) is 4.44. The van der Waals surface area contributed by atoms with Crippen molar-refractivity contribution in [2.75, 3.05) is 31.1 Å². The fourth-order valence-corrected chi connectivity index (χ4v) is 3.94. The van der Waals surface area contributed by atoms with Crippen molar-refractivity contribution in [3.63, 3.8) is 0 Å². The van der Waals surface area contributed by atoms with Crippen molar-refractivity contribution in [1.29, 1.82) is 0 Å². The number of carbonyl (C=O) groups is 1. The summed E-state index contributed by atoms with van der Waals surface area (Å²) in [4.78, 5) is 26.4. The van der Waals surface area contributed by atoms with E-state index in [-0.39, 0.29) is 5.92 Å². The minimum atomic E-state index is 0.145. The number of fused-ring (bicyclic) bond motifs is 1. The van der Waals surface area contributed by atoms with E-state index in [1.54, 1.807) is 17.7 Å². The smallest absolute Gasteiger partial charge is 0.229 e. The first kappa shape index (κ1) is 13.0. The maximum Gasteiger partial charge on any atom is 0.229 e. The minimum absolute atomic E-state index is 0.145. The number of carbonyl (C=O) groups excluding carboxylic acids is 1. The van der Waals surface area contributed by atoms with E-state index in [1.165, 1.54) is 6.42 Å². The summed E-state index contributed by atoms with van der Waals surface area (Å²) in [5.41, 5.74) is 0. The minimum Gasteiger partial charge on any atom is -0.354 e. The standard InChI is InChI=1S/C15H18N4OS/c20-15(18-5-2-1-3-6-18)11-8-19(9-11)13-12-4-7-21-14(12)17-10-16-13/h4,7,10-11H,1-3,5-6,8-9H2.